The van der Waals surface area contributed by atoms with Crippen molar-refractivity contribution in [3.63, 3.8) is 0 Å². The van der Waals surface area contributed by atoms with Gasteiger partial charge in [0, 0.05) is 19.3 Å². The van der Waals surface area contributed by atoms with Crippen molar-refractivity contribution in [3.8, 4) is 0 Å². The van der Waals surface area contributed by atoms with Gasteiger partial charge in [-0.1, -0.05) is 30.3 Å². The minimum atomic E-state index is -0.0197. The van der Waals surface area contributed by atoms with Gasteiger partial charge in [-0.05, 0) is 26.2 Å². The number of ether oxygens (including phenoxy) is 3. The van der Waals surface area contributed by atoms with E-state index in [1.807, 2.05) is 30.3 Å². The zero-order valence-electron chi connectivity index (χ0n) is 11.6. The van der Waals surface area contributed by atoms with Gasteiger partial charge in [0.25, 0.3) is 0 Å². The van der Waals surface area contributed by atoms with E-state index in [1.165, 1.54) is 6.42 Å². The van der Waals surface area contributed by atoms with E-state index in [0.717, 1.165) is 25.0 Å². The number of hydrogen-bond donors (Lipinski definition) is 0. The molecule has 1 atom stereocenters. The number of methoxy groups -OCH3 is 1. The molecule has 0 aliphatic carbocycles. The lowest BCUT2D eigenvalue weighted by molar-refractivity contribution is -0.203. The molecule has 4 nitrogen and oxygen atoms in total. The zero-order valence-corrected chi connectivity index (χ0v) is 11.6. The number of ketones is 1. The zero-order chi connectivity index (χ0) is 13.9. The monoisotopic (exact) mass is 266 g/mol. The van der Waals surface area contributed by atoms with Gasteiger partial charge < -0.3 is 14.2 Å². The molecule has 1 fully saturated rings. The molecule has 19 heavy (non-hydrogen) atoms. The van der Waals surface area contributed by atoms with Gasteiger partial charge in [-0.2, -0.15) is 0 Å². The van der Waals surface area contributed by atoms with Crippen molar-refractivity contribution in [3.05, 3.63) is 35.9 Å². The third-order valence-corrected chi connectivity index (χ3v) is 2.69. The lowest BCUT2D eigenvalue weighted by Crippen LogP contribution is -2.22. The predicted octanol–water partition coefficient (Wildman–Crippen LogP) is 3.02. The van der Waals surface area contributed by atoms with Gasteiger partial charge >= 0.3 is 0 Å². The molecule has 1 saturated heterocycles. The first kappa shape index (κ1) is 15.8. The molecule has 1 heterocycles. The lowest BCUT2D eigenvalue weighted by Gasteiger charge is -2.21. The molecule has 1 aromatic rings. The van der Waals surface area contributed by atoms with Crippen LogP contribution in [0, 0.1) is 0 Å². The van der Waals surface area contributed by atoms with Crippen LogP contribution in [0.15, 0.2) is 30.3 Å². The van der Waals surface area contributed by atoms with Gasteiger partial charge in [0.2, 0.25) is 0 Å². The van der Waals surface area contributed by atoms with E-state index >= 15 is 0 Å². The fourth-order valence-electron chi connectivity index (χ4n) is 1.66. The quantitative estimate of drug-likeness (QED) is 0.620. The largest absolute Gasteiger partial charge is 0.359 e. The fraction of sp³-hybridized carbons (Fsp3) is 0.533. The van der Waals surface area contributed by atoms with Crippen LogP contribution in [0.25, 0.3) is 0 Å². The van der Waals surface area contributed by atoms with Crippen molar-refractivity contribution >= 4 is 5.78 Å². The van der Waals surface area contributed by atoms with E-state index in [4.69, 9.17) is 14.2 Å². The lowest BCUT2D eigenvalue weighted by atomic mass is 10.2. The minimum Gasteiger partial charge on any atom is -0.359 e. The summed E-state index contributed by atoms with van der Waals surface area (Å²) in [7, 11) is 1.61. The number of rotatable bonds is 4. The molecule has 1 aliphatic rings. The van der Waals surface area contributed by atoms with Gasteiger partial charge in [-0.3, -0.25) is 4.79 Å². The molecular formula is C15H22O4. The maximum atomic E-state index is 10.6. The summed E-state index contributed by atoms with van der Waals surface area (Å²) in [5.41, 5.74) is 0.775. The molecule has 0 radical (unpaired) electrons. The van der Waals surface area contributed by atoms with E-state index in [9.17, 15) is 4.79 Å². The molecule has 0 N–H and O–H groups in total. The molecule has 1 unspecified atom stereocenters. The van der Waals surface area contributed by atoms with Crippen LogP contribution in [-0.4, -0.2) is 32.6 Å². The summed E-state index contributed by atoms with van der Waals surface area (Å²) in [5, 5.41) is 0. The van der Waals surface area contributed by atoms with Crippen LogP contribution >= 0.6 is 0 Å². The Morgan fingerprint density at radius 1 is 1.32 bits per heavy atom. The van der Waals surface area contributed by atoms with E-state index in [0.29, 0.717) is 6.79 Å². The number of benzene rings is 1. The highest BCUT2D eigenvalue weighted by Gasteiger charge is 2.12. The first-order valence-electron chi connectivity index (χ1n) is 6.52. The summed E-state index contributed by atoms with van der Waals surface area (Å²) in [6.45, 7) is 2.73. The molecule has 0 spiro atoms. The summed E-state index contributed by atoms with van der Waals surface area (Å²) in [4.78, 5) is 10.6. The molecule has 1 aliphatic heterocycles. The van der Waals surface area contributed by atoms with E-state index < -0.39 is 0 Å². The highest BCUT2D eigenvalue weighted by molar-refractivity contribution is 5.93. The molecule has 106 valence electrons. The summed E-state index contributed by atoms with van der Waals surface area (Å²) in [6.07, 6.45) is 3.35. The maximum Gasteiger partial charge on any atom is 0.160 e. The SMILES string of the molecule is CC(=O)c1ccccc1.COCOC1CCCCO1. The predicted molar refractivity (Wildman–Crippen MR) is 73.0 cm³/mol. The van der Waals surface area contributed by atoms with Crippen LogP contribution in [0.3, 0.4) is 0 Å². The van der Waals surface area contributed by atoms with Crippen molar-refractivity contribution in [2.45, 2.75) is 32.5 Å². The number of hydrogen-bond acceptors (Lipinski definition) is 4. The molecular weight excluding hydrogens is 244 g/mol. The second-order valence-corrected chi connectivity index (χ2v) is 4.29. The average Bonchev–Trinajstić information content (AvgIpc) is 2.48. The summed E-state index contributed by atoms with van der Waals surface area (Å²) in [5.74, 6) is 0.121. The molecule has 0 bridgehead atoms. The summed E-state index contributed by atoms with van der Waals surface area (Å²) < 4.78 is 15.2. The Morgan fingerprint density at radius 3 is 2.53 bits per heavy atom. The normalized spacial score (nSPS) is 18.3. The maximum absolute atomic E-state index is 10.6. The molecule has 1 aromatic carbocycles. The van der Waals surface area contributed by atoms with E-state index in [-0.39, 0.29) is 12.1 Å². The highest BCUT2D eigenvalue weighted by atomic mass is 16.7. The average molecular weight is 266 g/mol. The van der Waals surface area contributed by atoms with Crippen LogP contribution in [0.1, 0.15) is 36.5 Å². The Morgan fingerprint density at radius 2 is 2.05 bits per heavy atom. The smallest absolute Gasteiger partial charge is 0.160 e. The second kappa shape index (κ2) is 9.67. The number of carbonyl (C=O) groups excluding carboxylic acids is 1. The Labute approximate surface area is 114 Å². The van der Waals surface area contributed by atoms with Crippen molar-refractivity contribution in [2.24, 2.45) is 0 Å². The number of Topliss-reactive ketones (excluding diaryl/α,β-unsaturated/α-hetero) is 1. The van der Waals surface area contributed by atoms with Crippen LogP contribution in [0.2, 0.25) is 0 Å². The van der Waals surface area contributed by atoms with Crippen molar-refractivity contribution in [2.75, 3.05) is 20.5 Å². The third-order valence-electron chi connectivity index (χ3n) is 2.69. The standard InChI is InChI=1S/C8H8O.C7H14O3/c1-7(9)8-5-3-2-4-6-8;1-8-6-10-7-4-2-3-5-9-7/h2-6H,1H3;7H,2-6H2,1H3. The Bertz CT molecular complexity index is 344. The third kappa shape index (κ3) is 7.06. The van der Waals surface area contributed by atoms with Crippen LogP contribution in [0.4, 0.5) is 0 Å². The summed E-state index contributed by atoms with van der Waals surface area (Å²) in [6, 6.07) is 9.23. The molecule has 4 heteroatoms. The number of carbonyl (C=O) groups is 1. The molecule has 0 aromatic heterocycles. The summed E-state index contributed by atoms with van der Waals surface area (Å²) >= 11 is 0. The van der Waals surface area contributed by atoms with Gasteiger partial charge in [-0.25, -0.2) is 0 Å². The van der Waals surface area contributed by atoms with Crippen LogP contribution < -0.4 is 0 Å². The second-order valence-electron chi connectivity index (χ2n) is 4.29. The van der Waals surface area contributed by atoms with Gasteiger partial charge in [0.15, 0.2) is 12.1 Å². The molecule has 0 saturated carbocycles. The Kier molecular flexibility index (Phi) is 8.05. The minimum absolute atomic E-state index is 0.0197. The Balaban J connectivity index is 0.000000191. The first-order chi connectivity index (χ1) is 9.24. The van der Waals surface area contributed by atoms with Crippen molar-refractivity contribution in [1.29, 1.82) is 0 Å². The van der Waals surface area contributed by atoms with Crippen LogP contribution in [0.5, 0.6) is 0 Å². The van der Waals surface area contributed by atoms with E-state index in [1.54, 1.807) is 14.0 Å². The van der Waals surface area contributed by atoms with Crippen LogP contribution in [-0.2, 0) is 14.2 Å². The Hall–Kier alpha value is -1.23. The van der Waals surface area contributed by atoms with Gasteiger partial charge in [-0.15, -0.1) is 0 Å². The fourth-order valence-corrected chi connectivity index (χ4v) is 1.66. The van der Waals surface area contributed by atoms with Gasteiger partial charge in [0.1, 0.15) is 6.79 Å². The first-order valence-corrected chi connectivity index (χ1v) is 6.52. The van der Waals surface area contributed by atoms with E-state index in [2.05, 4.69) is 0 Å². The molecule has 0 amide bonds. The highest BCUT2D eigenvalue weighted by Crippen LogP contribution is 2.13. The van der Waals surface area contributed by atoms with Crippen molar-refractivity contribution in [1.82, 2.24) is 0 Å². The van der Waals surface area contributed by atoms with Gasteiger partial charge in [0.05, 0.1) is 0 Å². The molecule has 2 rings (SSSR count). The topological polar surface area (TPSA) is 44.8 Å². The van der Waals surface area contributed by atoms with Crippen molar-refractivity contribution < 1.29 is 19.0 Å².